The van der Waals surface area contributed by atoms with Gasteiger partial charge in [-0.3, -0.25) is 0 Å². The van der Waals surface area contributed by atoms with Crippen LogP contribution >= 0.6 is 15.9 Å². The average molecular weight is 371 g/mol. The van der Waals surface area contributed by atoms with Crippen LogP contribution in [-0.2, 0) is 4.74 Å². The summed E-state index contributed by atoms with van der Waals surface area (Å²) in [7, 11) is 1.68. The summed E-state index contributed by atoms with van der Waals surface area (Å²) >= 11 is 3.43. The fraction of sp³-hybridized carbons (Fsp3) is 0.500. The molecule has 0 aliphatic rings. The Labute approximate surface area is 144 Å². The van der Waals surface area contributed by atoms with Gasteiger partial charge in [-0.2, -0.15) is 0 Å². The van der Waals surface area contributed by atoms with Crippen LogP contribution in [0.25, 0.3) is 17.1 Å². The molecule has 4 heteroatoms. The Hall–Kier alpha value is -1.13. The maximum Gasteiger partial charge on any atom is 0.130 e. The number of aromatic nitrogens is 2. The van der Waals surface area contributed by atoms with Crippen molar-refractivity contribution < 1.29 is 4.74 Å². The molecule has 1 N–H and O–H groups in total. The largest absolute Gasteiger partial charge is 0.385 e. The molecule has 1 aromatic carbocycles. The van der Waals surface area contributed by atoms with E-state index in [4.69, 9.17) is 0 Å². The van der Waals surface area contributed by atoms with Gasteiger partial charge < -0.3 is 9.72 Å². The molecular weight excluding hydrogens is 340 g/mol. The van der Waals surface area contributed by atoms with E-state index in [-0.39, 0.29) is 0 Å². The molecule has 1 aromatic heterocycles. The van der Waals surface area contributed by atoms with E-state index >= 15 is 0 Å². The number of hydrogen-bond donors (Lipinski definition) is 1. The summed E-state index contributed by atoms with van der Waals surface area (Å²) in [5.74, 6) is 0.917. The third-order valence-electron chi connectivity index (χ3n) is 2.26. The zero-order valence-corrected chi connectivity index (χ0v) is 16.6. The molecule has 0 unspecified atom stereocenters. The lowest BCUT2D eigenvalue weighted by Gasteiger charge is -1.87. The Kier molecular flexibility index (Phi) is 17.1. The first-order chi connectivity index (χ1) is 10.7. The number of nitrogens with zero attached hydrogens (tertiary/aromatic N) is 1. The van der Waals surface area contributed by atoms with Gasteiger partial charge in [0, 0.05) is 18.2 Å². The van der Waals surface area contributed by atoms with Gasteiger partial charge in [0.15, 0.2) is 0 Å². The normalized spacial score (nSPS) is 9.27. The fourth-order valence-corrected chi connectivity index (χ4v) is 1.67. The van der Waals surface area contributed by atoms with Crippen molar-refractivity contribution in [1.82, 2.24) is 9.97 Å². The number of hydrogen-bond acceptors (Lipinski definition) is 2. The molecule has 0 radical (unpaired) electrons. The zero-order chi connectivity index (χ0) is 17.4. The maximum absolute atomic E-state index is 4.54. The molecule has 0 saturated heterocycles. The van der Waals surface area contributed by atoms with Crippen LogP contribution in [0, 0.1) is 0 Å². The number of H-pyrrole nitrogens is 1. The number of benzene rings is 1. The summed E-state index contributed by atoms with van der Waals surface area (Å²) in [6.07, 6.45) is 5.13. The first kappa shape index (κ1) is 23.1. The number of nitrogens with one attached hydrogen (secondary N) is 1. The topological polar surface area (TPSA) is 37.9 Å². The molecule has 0 bridgehead atoms. The lowest BCUT2D eigenvalue weighted by molar-refractivity contribution is 0.215. The lowest BCUT2D eigenvalue weighted by atomic mass is 10.3. The van der Waals surface area contributed by atoms with Crippen molar-refractivity contribution in [2.45, 2.75) is 48.0 Å². The summed E-state index contributed by atoms with van der Waals surface area (Å²) in [6, 6.07) is 6.03. The Morgan fingerprint density at radius 2 is 1.77 bits per heavy atom. The number of fused-ring (bicyclic) bond motifs is 1. The van der Waals surface area contributed by atoms with Crippen LogP contribution in [0.2, 0.25) is 0 Å². The number of allylic oxidation sites excluding steroid dienone is 1. The highest BCUT2D eigenvalue weighted by atomic mass is 79.9. The number of aromatic amines is 1. The van der Waals surface area contributed by atoms with Gasteiger partial charge in [0.2, 0.25) is 0 Å². The van der Waals surface area contributed by atoms with Gasteiger partial charge in [-0.1, -0.05) is 56.6 Å². The molecule has 2 rings (SSSR count). The summed E-state index contributed by atoms with van der Waals surface area (Å²) in [5, 5.41) is 0. The number of rotatable bonds is 3. The van der Waals surface area contributed by atoms with E-state index in [1.165, 1.54) is 0 Å². The van der Waals surface area contributed by atoms with E-state index in [9.17, 15) is 0 Å². The first-order valence-corrected chi connectivity index (χ1v) is 8.81. The zero-order valence-electron chi connectivity index (χ0n) is 15.0. The van der Waals surface area contributed by atoms with E-state index in [1.807, 2.05) is 58.9 Å². The quantitative estimate of drug-likeness (QED) is 0.673. The summed E-state index contributed by atoms with van der Waals surface area (Å²) in [4.78, 5) is 7.67. The molecule has 0 saturated carbocycles. The van der Waals surface area contributed by atoms with Crippen molar-refractivity contribution in [1.29, 1.82) is 0 Å². The fourth-order valence-electron chi connectivity index (χ4n) is 1.31. The van der Waals surface area contributed by atoms with Gasteiger partial charge in [0.05, 0.1) is 11.0 Å². The third kappa shape index (κ3) is 9.74. The summed E-state index contributed by atoms with van der Waals surface area (Å²) in [5.41, 5.74) is 2.07. The molecule has 22 heavy (non-hydrogen) atoms. The number of imidazole rings is 1. The van der Waals surface area contributed by atoms with Crippen LogP contribution in [0.1, 0.15) is 53.8 Å². The van der Waals surface area contributed by atoms with E-state index in [0.717, 1.165) is 34.4 Å². The van der Waals surface area contributed by atoms with Crippen molar-refractivity contribution in [2.75, 3.05) is 13.7 Å². The minimum Gasteiger partial charge on any atom is -0.385 e. The molecule has 0 amide bonds. The highest BCUT2D eigenvalue weighted by Crippen LogP contribution is 2.18. The summed E-state index contributed by atoms with van der Waals surface area (Å²) in [6.45, 7) is 12.9. The smallest absolute Gasteiger partial charge is 0.130 e. The molecule has 0 fully saturated rings. The van der Waals surface area contributed by atoms with Gasteiger partial charge in [-0.15, -0.1) is 0 Å². The molecular formula is C18H31BrN2O. The molecule has 3 nitrogen and oxygen atoms in total. The van der Waals surface area contributed by atoms with E-state index < -0.39 is 0 Å². The number of ether oxygens (including phenoxy) is 1. The second-order valence-corrected chi connectivity index (χ2v) is 4.59. The van der Waals surface area contributed by atoms with Crippen molar-refractivity contribution in [2.24, 2.45) is 0 Å². The van der Waals surface area contributed by atoms with Gasteiger partial charge in [0.1, 0.15) is 5.82 Å². The monoisotopic (exact) mass is 370 g/mol. The van der Waals surface area contributed by atoms with Crippen LogP contribution in [-0.4, -0.2) is 23.7 Å². The maximum atomic E-state index is 4.54. The molecule has 0 aliphatic heterocycles. The van der Waals surface area contributed by atoms with Gasteiger partial charge >= 0.3 is 0 Å². The second-order valence-electron chi connectivity index (χ2n) is 3.67. The molecule has 0 spiro atoms. The van der Waals surface area contributed by atoms with E-state index in [1.54, 1.807) is 7.11 Å². The molecule has 0 aliphatic carbocycles. The Balaban J connectivity index is 0. The lowest BCUT2D eigenvalue weighted by Crippen LogP contribution is -1.73. The standard InChI is InChI=1S/C11H11BrN2.C3H8O.2C2H6/c1-2-3-4-11-13-9-6-5-8(12)7-10(9)14-11;1-3-4-2;2*1-2/h3-7H,2H2,1H3,(H,13,14);3H2,1-2H3;2*1-2H3/b4-3+;;;. The van der Waals surface area contributed by atoms with Gasteiger partial charge in [-0.25, -0.2) is 4.98 Å². The van der Waals surface area contributed by atoms with Crippen molar-refractivity contribution in [3.8, 4) is 0 Å². The van der Waals surface area contributed by atoms with Crippen LogP contribution < -0.4 is 0 Å². The molecule has 126 valence electrons. The van der Waals surface area contributed by atoms with Gasteiger partial charge in [0.25, 0.3) is 0 Å². The average Bonchev–Trinajstić information content (AvgIpc) is 2.98. The van der Waals surface area contributed by atoms with E-state index in [0.29, 0.717) is 0 Å². The second kappa shape index (κ2) is 16.2. The molecule has 2 aromatic rings. The predicted octanol–water partition coefficient (Wildman–Crippen LogP) is 6.45. The predicted molar refractivity (Wildman–Crippen MR) is 103 cm³/mol. The number of halogens is 1. The molecule has 1 heterocycles. The summed E-state index contributed by atoms with van der Waals surface area (Å²) < 4.78 is 5.61. The minimum absolute atomic E-state index is 0.819. The van der Waals surface area contributed by atoms with Gasteiger partial charge in [-0.05, 0) is 37.6 Å². The highest BCUT2D eigenvalue weighted by Gasteiger charge is 1.99. The number of methoxy groups -OCH3 is 1. The van der Waals surface area contributed by atoms with Crippen LogP contribution in [0.5, 0.6) is 0 Å². The van der Waals surface area contributed by atoms with Crippen molar-refractivity contribution >= 4 is 33.0 Å². The SMILES string of the molecule is CC.CC.CC/C=C/c1nc2ccc(Br)cc2[nH]1.CCOC. The Bertz CT molecular complexity index is 505. The van der Waals surface area contributed by atoms with Crippen LogP contribution in [0.4, 0.5) is 0 Å². The van der Waals surface area contributed by atoms with Crippen LogP contribution in [0.15, 0.2) is 28.7 Å². The minimum atomic E-state index is 0.819. The Morgan fingerprint density at radius 1 is 1.18 bits per heavy atom. The third-order valence-corrected chi connectivity index (χ3v) is 2.76. The van der Waals surface area contributed by atoms with Crippen molar-refractivity contribution in [3.05, 3.63) is 34.6 Å². The highest BCUT2D eigenvalue weighted by molar-refractivity contribution is 9.10. The van der Waals surface area contributed by atoms with E-state index in [2.05, 4.69) is 43.6 Å². The van der Waals surface area contributed by atoms with Crippen LogP contribution in [0.3, 0.4) is 0 Å². The Morgan fingerprint density at radius 3 is 2.27 bits per heavy atom. The first-order valence-electron chi connectivity index (χ1n) is 8.02. The van der Waals surface area contributed by atoms with Crippen molar-refractivity contribution in [3.63, 3.8) is 0 Å². The molecule has 0 atom stereocenters.